The fourth-order valence-electron chi connectivity index (χ4n) is 3.46. The minimum Gasteiger partial charge on any atom is -0.352 e. The number of nitrogens with zero attached hydrogens (tertiary/aromatic N) is 2. The second kappa shape index (κ2) is 12.4. The van der Waals surface area contributed by atoms with E-state index >= 15 is 0 Å². The standard InChI is InChI=1S/C24H30BrF2N3O4S/c1-16(2)28-24(32)17(3)29(15-18-7-5-8-19(25)13-18)23(31)9-6-12-30(35(4,33)34)20-10-11-21(26)22(27)14-20/h5,7-8,10-11,13-14,16-17H,6,9,12,15H2,1-4H3,(H,28,32)/t17-/m0/s1. The summed E-state index contributed by atoms with van der Waals surface area (Å²) in [5, 5.41) is 2.80. The number of benzene rings is 2. The van der Waals surface area contributed by atoms with Crippen LogP contribution in [0, 0.1) is 11.6 Å². The largest absolute Gasteiger partial charge is 0.352 e. The Hall–Kier alpha value is -2.53. The Balaban J connectivity index is 2.19. The highest BCUT2D eigenvalue weighted by molar-refractivity contribution is 9.10. The summed E-state index contributed by atoms with van der Waals surface area (Å²) in [5.41, 5.74) is 0.783. The van der Waals surface area contributed by atoms with E-state index in [1.54, 1.807) is 6.92 Å². The molecule has 0 fully saturated rings. The molecule has 1 atom stereocenters. The van der Waals surface area contributed by atoms with E-state index in [0.717, 1.165) is 32.7 Å². The first kappa shape index (κ1) is 28.7. The van der Waals surface area contributed by atoms with Gasteiger partial charge in [-0.15, -0.1) is 0 Å². The molecule has 0 unspecified atom stereocenters. The maximum Gasteiger partial charge on any atom is 0.242 e. The van der Waals surface area contributed by atoms with Crippen LogP contribution in [0.4, 0.5) is 14.5 Å². The van der Waals surface area contributed by atoms with Crippen molar-refractivity contribution < 1.29 is 26.8 Å². The quantitative estimate of drug-likeness (QED) is 0.436. The van der Waals surface area contributed by atoms with Crippen molar-refractivity contribution in [3.05, 3.63) is 64.1 Å². The Bertz CT molecular complexity index is 1160. The molecule has 35 heavy (non-hydrogen) atoms. The van der Waals surface area contributed by atoms with Crippen LogP contribution in [0.25, 0.3) is 0 Å². The first-order chi connectivity index (χ1) is 16.3. The summed E-state index contributed by atoms with van der Waals surface area (Å²) in [4.78, 5) is 27.3. The van der Waals surface area contributed by atoms with Crippen LogP contribution in [0.1, 0.15) is 39.2 Å². The van der Waals surface area contributed by atoms with Gasteiger partial charge in [0.05, 0.1) is 11.9 Å². The average Bonchev–Trinajstić information content (AvgIpc) is 2.75. The van der Waals surface area contributed by atoms with Gasteiger partial charge in [-0.05, 0) is 57.0 Å². The summed E-state index contributed by atoms with van der Waals surface area (Å²) in [6.07, 6.45) is 1.01. The smallest absolute Gasteiger partial charge is 0.242 e. The van der Waals surface area contributed by atoms with Gasteiger partial charge in [0.2, 0.25) is 21.8 Å². The van der Waals surface area contributed by atoms with Crippen LogP contribution in [0.15, 0.2) is 46.9 Å². The minimum absolute atomic E-state index is 0.0329. The van der Waals surface area contributed by atoms with Crippen LogP contribution in [0.3, 0.4) is 0 Å². The number of sulfonamides is 1. The van der Waals surface area contributed by atoms with Crippen molar-refractivity contribution >= 4 is 43.5 Å². The predicted octanol–water partition coefficient (Wildman–Crippen LogP) is 4.22. The minimum atomic E-state index is -3.81. The lowest BCUT2D eigenvalue weighted by Gasteiger charge is -2.30. The third-order valence-electron chi connectivity index (χ3n) is 5.18. The number of nitrogens with one attached hydrogen (secondary N) is 1. The van der Waals surface area contributed by atoms with Crippen LogP contribution in [-0.2, 0) is 26.2 Å². The van der Waals surface area contributed by atoms with Crippen molar-refractivity contribution in [2.45, 2.75) is 52.2 Å². The Morgan fingerprint density at radius 3 is 2.31 bits per heavy atom. The summed E-state index contributed by atoms with van der Waals surface area (Å²) in [5.74, 6) is -2.90. The first-order valence-electron chi connectivity index (χ1n) is 11.1. The molecule has 2 aromatic carbocycles. The average molecular weight is 574 g/mol. The lowest BCUT2D eigenvalue weighted by Crippen LogP contribution is -2.49. The maximum atomic E-state index is 13.7. The summed E-state index contributed by atoms with van der Waals surface area (Å²) < 4.78 is 53.3. The number of hydrogen-bond acceptors (Lipinski definition) is 4. The van der Waals surface area contributed by atoms with E-state index in [2.05, 4.69) is 21.2 Å². The summed E-state index contributed by atoms with van der Waals surface area (Å²) >= 11 is 3.40. The number of amides is 2. The molecule has 0 radical (unpaired) electrons. The van der Waals surface area contributed by atoms with E-state index in [0.29, 0.717) is 0 Å². The van der Waals surface area contributed by atoms with Gasteiger partial charge in [0, 0.05) is 36.1 Å². The molecule has 0 aliphatic rings. The second-order valence-corrected chi connectivity index (χ2v) is 11.4. The van der Waals surface area contributed by atoms with Crippen molar-refractivity contribution in [3.8, 4) is 0 Å². The van der Waals surface area contributed by atoms with Crippen LogP contribution in [-0.4, -0.2) is 50.0 Å². The first-order valence-corrected chi connectivity index (χ1v) is 13.7. The molecule has 0 heterocycles. The van der Waals surface area contributed by atoms with Crippen LogP contribution in [0.2, 0.25) is 0 Å². The van der Waals surface area contributed by atoms with Gasteiger partial charge in [0.15, 0.2) is 11.6 Å². The Morgan fingerprint density at radius 2 is 1.74 bits per heavy atom. The zero-order valence-electron chi connectivity index (χ0n) is 20.1. The monoisotopic (exact) mass is 573 g/mol. The fourth-order valence-corrected chi connectivity index (χ4v) is 4.87. The van der Waals surface area contributed by atoms with Gasteiger partial charge in [0.1, 0.15) is 6.04 Å². The number of carbonyl (C=O) groups excluding carboxylic acids is 2. The van der Waals surface area contributed by atoms with Crippen molar-refractivity contribution in [2.75, 3.05) is 17.1 Å². The molecule has 0 saturated heterocycles. The second-order valence-electron chi connectivity index (χ2n) is 8.53. The van der Waals surface area contributed by atoms with E-state index < -0.39 is 27.7 Å². The van der Waals surface area contributed by atoms with Crippen molar-refractivity contribution in [1.82, 2.24) is 10.2 Å². The molecule has 7 nitrogen and oxygen atoms in total. The lowest BCUT2D eigenvalue weighted by atomic mass is 10.1. The number of hydrogen-bond donors (Lipinski definition) is 1. The third kappa shape index (κ3) is 8.57. The van der Waals surface area contributed by atoms with E-state index in [4.69, 9.17) is 0 Å². The number of rotatable bonds is 11. The number of halogens is 3. The van der Waals surface area contributed by atoms with Crippen molar-refractivity contribution in [3.63, 3.8) is 0 Å². The van der Waals surface area contributed by atoms with E-state index in [9.17, 15) is 26.8 Å². The number of carbonyl (C=O) groups is 2. The van der Waals surface area contributed by atoms with Crippen molar-refractivity contribution in [1.29, 1.82) is 0 Å². The van der Waals surface area contributed by atoms with Gasteiger partial charge in [-0.2, -0.15) is 0 Å². The molecular weight excluding hydrogens is 544 g/mol. The van der Waals surface area contributed by atoms with Crippen LogP contribution >= 0.6 is 15.9 Å². The number of anilines is 1. The molecule has 0 aliphatic heterocycles. The molecule has 2 amide bonds. The summed E-state index contributed by atoms with van der Waals surface area (Å²) in [6, 6.07) is 9.31. The zero-order chi connectivity index (χ0) is 26.3. The molecule has 192 valence electrons. The molecule has 0 aliphatic carbocycles. The van der Waals surface area contributed by atoms with E-state index in [-0.39, 0.29) is 49.5 Å². The van der Waals surface area contributed by atoms with E-state index in [1.165, 1.54) is 11.0 Å². The van der Waals surface area contributed by atoms with Gasteiger partial charge >= 0.3 is 0 Å². The van der Waals surface area contributed by atoms with Gasteiger partial charge < -0.3 is 10.2 Å². The Labute approximate surface area is 213 Å². The highest BCUT2D eigenvalue weighted by atomic mass is 79.9. The Kier molecular flexibility index (Phi) is 10.2. The van der Waals surface area contributed by atoms with Crippen LogP contribution in [0.5, 0.6) is 0 Å². The molecule has 0 aromatic heterocycles. The normalized spacial score (nSPS) is 12.3. The predicted molar refractivity (Wildman–Crippen MR) is 135 cm³/mol. The molecule has 0 bridgehead atoms. The maximum absolute atomic E-state index is 13.7. The van der Waals surface area contributed by atoms with Gasteiger partial charge in [-0.3, -0.25) is 13.9 Å². The van der Waals surface area contributed by atoms with Gasteiger partial charge in [-0.1, -0.05) is 28.1 Å². The molecular formula is C24H30BrF2N3O4S. The Morgan fingerprint density at radius 1 is 1.06 bits per heavy atom. The highest BCUT2D eigenvalue weighted by Gasteiger charge is 2.27. The molecule has 2 aromatic rings. The van der Waals surface area contributed by atoms with Gasteiger partial charge in [-0.25, -0.2) is 17.2 Å². The SMILES string of the molecule is CC(C)NC(=O)[C@H](C)N(Cc1cccc(Br)c1)C(=O)CCCN(c1ccc(F)c(F)c1)S(C)(=O)=O. The van der Waals surface area contributed by atoms with Gasteiger partial charge in [0.25, 0.3) is 0 Å². The van der Waals surface area contributed by atoms with Crippen LogP contribution < -0.4 is 9.62 Å². The lowest BCUT2D eigenvalue weighted by molar-refractivity contribution is -0.140. The van der Waals surface area contributed by atoms with E-state index in [1.807, 2.05) is 38.1 Å². The third-order valence-corrected chi connectivity index (χ3v) is 6.87. The topological polar surface area (TPSA) is 86.8 Å². The molecule has 2 rings (SSSR count). The van der Waals surface area contributed by atoms with Crippen molar-refractivity contribution in [2.24, 2.45) is 0 Å². The molecule has 0 spiro atoms. The summed E-state index contributed by atoms with van der Waals surface area (Å²) in [6.45, 7) is 5.35. The zero-order valence-corrected chi connectivity index (χ0v) is 22.5. The highest BCUT2D eigenvalue weighted by Crippen LogP contribution is 2.22. The molecule has 0 saturated carbocycles. The fraction of sp³-hybridized carbons (Fsp3) is 0.417. The molecule has 1 N–H and O–H groups in total. The summed E-state index contributed by atoms with van der Waals surface area (Å²) in [7, 11) is -3.81. The molecule has 11 heteroatoms.